The minimum Gasteiger partial charge on any atom is -0.361 e. The molecular formula is C16H20ClN3O2. The van der Waals surface area contributed by atoms with E-state index in [1.54, 1.807) is 13.0 Å². The van der Waals surface area contributed by atoms with E-state index in [0.29, 0.717) is 23.0 Å². The summed E-state index contributed by atoms with van der Waals surface area (Å²) in [6.07, 6.45) is 0.215. The highest BCUT2D eigenvalue weighted by Gasteiger charge is 2.16. The maximum atomic E-state index is 12.0. The number of nitrogens with zero attached hydrogens (tertiary/aromatic N) is 2. The zero-order valence-electron chi connectivity index (χ0n) is 13.0. The van der Waals surface area contributed by atoms with Gasteiger partial charge in [-0.1, -0.05) is 28.9 Å². The largest absolute Gasteiger partial charge is 0.361 e. The highest BCUT2D eigenvalue weighted by Crippen LogP contribution is 2.20. The summed E-state index contributed by atoms with van der Waals surface area (Å²) in [4.78, 5) is 14.1. The molecule has 1 atom stereocenters. The summed E-state index contributed by atoms with van der Waals surface area (Å²) < 4.78 is 4.96. The van der Waals surface area contributed by atoms with E-state index in [1.165, 1.54) is 0 Å². The fourth-order valence-electron chi connectivity index (χ4n) is 2.25. The second-order valence-electron chi connectivity index (χ2n) is 5.44. The number of carbonyl (C=O) groups excluding carboxylic acids is 1. The molecule has 0 bridgehead atoms. The molecule has 0 fully saturated rings. The first kappa shape index (κ1) is 16.5. The number of amides is 1. The summed E-state index contributed by atoms with van der Waals surface area (Å²) in [5.74, 6) is 0.620. The maximum Gasteiger partial charge on any atom is 0.226 e. The van der Waals surface area contributed by atoms with Crippen LogP contribution in [0.25, 0.3) is 0 Å². The molecule has 0 aliphatic heterocycles. The van der Waals surface area contributed by atoms with Crippen molar-refractivity contribution < 1.29 is 9.32 Å². The van der Waals surface area contributed by atoms with E-state index in [-0.39, 0.29) is 18.4 Å². The Bertz CT molecular complexity index is 640. The van der Waals surface area contributed by atoms with Gasteiger partial charge in [-0.25, -0.2) is 0 Å². The summed E-state index contributed by atoms with van der Waals surface area (Å²) in [5.41, 5.74) is 1.70. The third kappa shape index (κ3) is 4.58. The molecule has 0 radical (unpaired) electrons. The van der Waals surface area contributed by atoms with Crippen LogP contribution in [0.3, 0.4) is 0 Å². The first-order valence-electron chi connectivity index (χ1n) is 7.06. The highest BCUT2D eigenvalue weighted by atomic mass is 35.5. The highest BCUT2D eigenvalue weighted by molar-refractivity contribution is 6.30. The number of nitrogens with one attached hydrogen (secondary N) is 1. The number of likely N-dealkylation sites (N-methyl/N-ethyl adjacent to an activating group) is 1. The standard InChI is InChI=1S/C16H20ClN3O2/c1-11-7-14(19-22-11)9-16(21)18-10-15(20(2)3)12-5-4-6-13(17)8-12/h4-8,15H,9-10H2,1-3H3,(H,18,21). The molecule has 5 nitrogen and oxygen atoms in total. The molecule has 1 unspecified atom stereocenters. The first-order chi connectivity index (χ1) is 10.5. The van der Waals surface area contributed by atoms with E-state index >= 15 is 0 Å². The number of carbonyl (C=O) groups is 1. The van der Waals surface area contributed by atoms with Crippen LogP contribution in [0.1, 0.15) is 23.1 Å². The van der Waals surface area contributed by atoms with Crippen molar-refractivity contribution >= 4 is 17.5 Å². The number of rotatable bonds is 6. The van der Waals surface area contributed by atoms with Crippen molar-refractivity contribution in [3.8, 4) is 0 Å². The average molecular weight is 322 g/mol. The topological polar surface area (TPSA) is 58.4 Å². The van der Waals surface area contributed by atoms with Gasteiger partial charge in [0.1, 0.15) is 5.76 Å². The molecule has 2 rings (SSSR count). The number of hydrogen-bond acceptors (Lipinski definition) is 4. The second kappa shape index (κ2) is 7.42. The Kier molecular flexibility index (Phi) is 5.57. The van der Waals surface area contributed by atoms with Crippen LogP contribution in [0.15, 0.2) is 34.9 Å². The Balaban J connectivity index is 1.95. The summed E-state index contributed by atoms with van der Waals surface area (Å²) >= 11 is 6.04. The fraction of sp³-hybridized carbons (Fsp3) is 0.375. The molecule has 0 aliphatic rings. The number of halogens is 1. The van der Waals surface area contributed by atoms with Crippen LogP contribution in [-0.2, 0) is 11.2 Å². The van der Waals surface area contributed by atoms with Gasteiger partial charge in [0.2, 0.25) is 5.91 Å². The summed E-state index contributed by atoms with van der Waals surface area (Å²) in [7, 11) is 3.94. The molecule has 0 saturated carbocycles. The quantitative estimate of drug-likeness (QED) is 0.888. The molecule has 0 saturated heterocycles. The predicted octanol–water partition coefficient (Wildman–Crippen LogP) is 2.60. The Morgan fingerprint density at radius 3 is 2.77 bits per heavy atom. The normalized spacial score (nSPS) is 12.4. The number of hydrogen-bond donors (Lipinski definition) is 1. The molecule has 1 N–H and O–H groups in total. The lowest BCUT2D eigenvalue weighted by molar-refractivity contribution is -0.120. The van der Waals surface area contributed by atoms with Crippen LogP contribution >= 0.6 is 11.6 Å². The monoisotopic (exact) mass is 321 g/mol. The Hall–Kier alpha value is -1.85. The van der Waals surface area contributed by atoms with Gasteiger partial charge >= 0.3 is 0 Å². The van der Waals surface area contributed by atoms with Crippen molar-refractivity contribution in [2.24, 2.45) is 0 Å². The number of benzene rings is 1. The van der Waals surface area contributed by atoms with Crippen LogP contribution in [0.2, 0.25) is 5.02 Å². The molecule has 0 spiro atoms. The van der Waals surface area contributed by atoms with Crippen molar-refractivity contribution in [3.63, 3.8) is 0 Å². The van der Waals surface area contributed by atoms with Gasteiger partial charge < -0.3 is 14.7 Å². The first-order valence-corrected chi connectivity index (χ1v) is 7.44. The second-order valence-corrected chi connectivity index (χ2v) is 5.88. The zero-order valence-corrected chi connectivity index (χ0v) is 13.7. The molecule has 1 aromatic heterocycles. The molecule has 1 amide bonds. The van der Waals surface area contributed by atoms with Gasteiger partial charge in [0.15, 0.2) is 0 Å². The summed E-state index contributed by atoms with van der Waals surface area (Å²) in [6, 6.07) is 9.49. The van der Waals surface area contributed by atoms with E-state index in [9.17, 15) is 4.79 Å². The van der Waals surface area contributed by atoms with Gasteiger partial charge in [-0.2, -0.15) is 0 Å². The number of aromatic nitrogens is 1. The van der Waals surface area contributed by atoms with Gasteiger partial charge in [0.05, 0.1) is 18.2 Å². The average Bonchev–Trinajstić information content (AvgIpc) is 2.84. The molecule has 1 heterocycles. The van der Waals surface area contributed by atoms with Crippen LogP contribution in [0, 0.1) is 6.92 Å². The minimum atomic E-state index is -0.0813. The van der Waals surface area contributed by atoms with Crippen molar-refractivity contribution in [3.05, 3.63) is 52.4 Å². The minimum absolute atomic E-state index is 0.0571. The third-order valence-electron chi connectivity index (χ3n) is 3.37. The van der Waals surface area contributed by atoms with Crippen LogP contribution in [-0.4, -0.2) is 36.6 Å². The van der Waals surface area contributed by atoms with E-state index in [1.807, 2.05) is 43.3 Å². The lowest BCUT2D eigenvalue weighted by Crippen LogP contribution is -2.35. The predicted molar refractivity (Wildman–Crippen MR) is 85.8 cm³/mol. The Morgan fingerprint density at radius 1 is 1.41 bits per heavy atom. The molecular weight excluding hydrogens is 302 g/mol. The Morgan fingerprint density at radius 2 is 2.18 bits per heavy atom. The van der Waals surface area contributed by atoms with E-state index < -0.39 is 0 Å². The van der Waals surface area contributed by atoms with Gasteiger partial charge in [0, 0.05) is 17.6 Å². The van der Waals surface area contributed by atoms with Crippen molar-refractivity contribution in [1.29, 1.82) is 0 Å². The van der Waals surface area contributed by atoms with Crippen LogP contribution in [0.5, 0.6) is 0 Å². The van der Waals surface area contributed by atoms with Crippen LogP contribution in [0.4, 0.5) is 0 Å². The Labute approximate surface area is 135 Å². The molecule has 6 heteroatoms. The summed E-state index contributed by atoms with van der Waals surface area (Å²) in [5, 5.41) is 7.45. The molecule has 0 aliphatic carbocycles. The zero-order chi connectivity index (χ0) is 16.1. The van der Waals surface area contributed by atoms with Gasteiger partial charge in [-0.15, -0.1) is 0 Å². The maximum absolute atomic E-state index is 12.0. The van der Waals surface area contributed by atoms with E-state index in [2.05, 4.69) is 10.5 Å². The molecule has 22 heavy (non-hydrogen) atoms. The van der Waals surface area contributed by atoms with E-state index in [0.717, 1.165) is 5.56 Å². The number of aryl methyl sites for hydroxylation is 1. The van der Waals surface area contributed by atoms with Crippen LogP contribution < -0.4 is 5.32 Å². The molecule has 118 valence electrons. The molecule has 1 aromatic carbocycles. The van der Waals surface area contributed by atoms with Gasteiger partial charge in [-0.3, -0.25) is 4.79 Å². The molecule has 2 aromatic rings. The lowest BCUT2D eigenvalue weighted by Gasteiger charge is -2.25. The fourth-order valence-corrected chi connectivity index (χ4v) is 2.45. The third-order valence-corrected chi connectivity index (χ3v) is 3.60. The van der Waals surface area contributed by atoms with Crippen molar-refractivity contribution in [2.75, 3.05) is 20.6 Å². The van der Waals surface area contributed by atoms with Crippen molar-refractivity contribution in [2.45, 2.75) is 19.4 Å². The lowest BCUT2D eigenvalue weighted by atomic mass is 10.1. The van der Waals surface area contributed by atoms with Gasteiger partial charge in [-0.05, 0) is 38.7 Å². The van der Waals surface area contributed by atoms with E-state index in [4.69, 9.17) is 16.1 Å². The summed E-state index contributed by atoms with van der Waals surface area (Å²) in [6.45, 7) is 2.30. The van der Waals surface area contributed by atoms with Gasteiger partial charge in [0.25, 0.3) is 0 Å². The smallest absolute Gasteiger partial charge is 0.226 e. The van der Waals surface area contributed by atoms with Crippen molar-refractivity contribution in [1.82, 2.24) is 15.4 Å². The SMILES string of the molecule is Cc1cc(CC(=O)NCC(c2cccc(Cl)c2)N(C)C)no1.